The van der Waals surface area contributed by atoms with Crippen LogP contribution >= 0.6 is 11.6 Å². The SMILES string of the molecule is C=CCn1c(=O)n(C)c(=O)n(-c2cc(-n3c(O)c4c(c3O)CCCC4)c(F)cc2Cl)c1=O. The minimum atomic E-state index is -0.988. The summed E-state index contributed by atoms with van der Waals surface area (Å²) in [6.07, 6.45) is 3.99. The predicted molar refractivity (Wildman–Crippen MR) is 116 cm³/mol. The van der Waals surface area contributed by atoms with Gasteiger partial charge in [0.2, 0.25) is 11.8 Å². The molecule has 3 aromatic rings. The van der Waals surface area contributed by atoms with E-state index in [1.54, 1.807) is 0 Å². The molecule has 0 saturated heterocycles. The van der Waals surface area contributed by atoms with Gasteiger partial charge in [-0.25, -0.2) is 37.0 Å². The zero-order chi connectivity index (χ0) is 23.3. The van der Waals surface area contributed by atoms with Crippen molar-refractivity contribution < 1.29 is 14.6 Å². The number of rotatable bonds is 4. The fourth-order valence-electron chi connectivity index (χ4n) is 4.06. The van der Waals surface area contributed by atoms with Crippen LogP contribution in [0.5, 0.6) is 11.8 Å². The molecule has 2 heterocycles. The largest absolute Gasteiger partial charge is 0.494 e. The lowest BCUT2D eigenvalue weighted by atomic mass is 9.95. The molecule has 2 N–H and O–H groups in total. The van der Waals surface area contributed by atoms with Crippen LogP contribution in [0.25, 0.3) is 11.4 Å². The first kappa shape index (κ1) is 21.7. The van der Waals surface area contributed by atoms with Gasteiger partial charge in [-0.2, -0.15) is 0 Å². The van der Waals surface area contributed by atoms with Gasteiger partial charge in [-0.15, -0.1) is 6.58 Å². The van der Waals surface area contributed by atoms with Crippen LogP contribution in [0, 0.1) is 5.82 Å². The van der Waals surface area contributed by atoms with Crippen molar-refractivity contribution in [2.75, 3.05) is 0 Å². The summed E-state index contributed by atoms with van der Waals surface area (Å²) in [6, 6.07) is 1.95. The van der Waals surface area contributed by atoms with Crippen molar-refractivity contribution in [1.82, 2.24) is 18.3 Å². The number of benzene rings is 1. The second-order valence-corrected chi connectivity index (χ2v) is 7.95. The monoisotopic (exact) mass is 462 g/mol. The first-order valence-electron chi connectivity index (χ1n) is 9.87. The molecule has 0 spiro atoms. The van der Waals surface area contributed by atoms with Crippen molar-refractivity contribution in [3.8, 4) is 23.1 Å². The summed E-state index contributed by atoms with van der Waals surface area (Å²) in [5.74, 6) is -1.52. The van der Waals surface area contributed by atoms with E-state index in [-0.39, 0.29) is 34.7 Å². The molecule has 0 fully saturated rings. The van der Waals surface area contributed by atoms with Crippen LogP contribution < -0.4 is 17.1 Å². The van der Waals surface area contributed by atoms with Gasteiger partial charge >= 0.3 is 17.1 Å². The Morgan fingerprint density at radius 2 is 1.59 bits per heavy atom. The Bertz CT molecular complexity index is 1420. The van der Waals surface area contributed by atoms with Gasteiger partial charge in [0.1, 0.15) is 5.82 Å². The molecule has 1 aliphatic rings. The molecular formula is C21H20ClFN4O5. The van der Waals surface area contributed by atoms with E-state index < -0.39 is 22.9 Å². The van der Waals surface area contributed by atoms with Crippen molar-refractivity contribution in [2.24, 2.45) is 7.05 Å². The molecule has 1 aromatic carbocycles. The summed E-state index contributed by atoms with van der Waals surface area (Å²) in [7, 11) is 1.19. The zero-order valence-electron chi connectivity index (χ0n) is 17.1. The number of aromatic hydroxyl groups is 2. The van der Waals surface area contributed by atoms with E-state index >= 15 is 0 Å². The van der Waals surface area contributed by atoms with Crippen LogP contribution in [0.1, 0.15) is 24.0 Å². The van der Waals surface area contributed by atoms with Crippen molar-refractivity contribution in [3.05, 3.63) is 78.2 Å². The first-order chi connectivity index (χ1) is 15.2. The molecule has 168 valence electrons. The maximum Gasteiger partial charge on any atom is 0.341 e. The van der Waals surface area contributed by atoms with E-state index in [0.29, 0.717) is 33.1 Å². The summed E-state index contributed by atoms with van der Waals surface area (Å²) < 4.78 is 18.0. The standard InChI is InChI=1S/C21H20ClFN4O5/c1-3-8-25-19(30)24(2)20(31)27(21(25)32)15-10-16(14(23)9-13(15)22)26-17(28)11-6-4-5-7-12(11)18(26)29/h3,9-10,28-29H,1,4-8H2,2H3. The van der Waals surface area contributed by atoms with E-state index in [9.17, 15) is 29.0 Å². The van der Waals surface area contributed by atoms with E-state index in [4.69, 9.17) is 11.6 Å². The molecule has 32 heavy (non-hydrogen) atoms. The van der Waals surface area contributed by atoms with Crippen LogP contribution in [0.15, 0.2) is 39.2 Å². The zero-order valence-corrected chi connectivity index (χ0v) is 17.9. The number of allylic oxidation sites excluding steroid dienone is 1. The number of hydrogen-bond acceptors (Lipinski definition) is 5. The third-order valence-electron chi connectivity index (χ3n) is 5.66. The second-order valence-electron chi connectivity index (χ2n) is 7.54. The molecule has 0 aliphatic heterocycles. The predicted octanol–water partition coefficient (Wildman–Crippen LogP) is 1.76. The summed E-state index contributed by atoms with van der Waals surface area (Å²) in [4.78, 5) is 38.0. The van der Waals surface area contributed by atoms with Crippen LogP contribution in [-0.4, -0.2) is 28.5 Å². The van der Waals surface area contributed by atoms with Gasteiger partial charge in [0.15, 0.2) is 0 Å². The molecule has 2 aromatic heterocycles. The van der Waals surface area contributed by atoms with Crippen molar-refractivity contribution in [1.29, 1.82) is 0 Å². The molecule has 4 rings (SSSR count). The molecule has 0 saturated carbocycles. The highest BCUT2D eigenvalue weighted by atomic mass is 35.5. The molecule has 0 bridgehead atoms. The van der Waals surface area contributed by atoms with Crippen LogP contribution in [0.4, 0.5) is 4.39 Å². The Labute approximate surface area is 185 Å². The maximum absolute atomic E-state index is 14.9. The first-order valence-corrected chi connectivity index (χ1v) is 10.2. The van der Waals surface area contributed by atoms with E-state index in [2.05, 4.69) is 6.58 Å². The molecular weight excluding hydrogens is 443 g/mol. The molecule has 0 amide bonds. The van der Waals surface area contributed by atoms with Gasteiger partial charge in [0.05, 0.1) is 22.9 Å². The van der Waals surface area contributed by atoms with Gasteiger partial charge in [-0.3, -0.25) is 0 Å². The van der Waals surface area contributed by atoms with E-state index in [1.807, 2.05) is 0 Å². The Hall–Kier alpha value is -3.53. The number of halogens is 2. The molecule has 1 aliphatic carbocycles. The molecule has 9 nitrogen and oxygen atoms in total. The minimum absolute atomic E-state index is 0.163. The third-order valence-corrected chi connectivity index (χ3v) is 5.96. The van der Waals surface area contributed by atoms with Gasteiger partial charge in [-0.05, 0) is 37.8 Å². The van der Waals surface area contributed by atoms with Crippen molar-refractivity contribution in [2.45, 2.75) is 32.2 Å². The number of hydrogen-bond donors (Lipinski definition) is 2. The van der Waals surface area contributed by atoms with E-state index in [0.717, 1.165) is 34.1 Å². The topological polar surface area (TPSA) is 111 Å². The number of aromatic nitrogens is 4. The average Bonchev–Trinajstić information content (AvgIpc) is 3.02. The number of fused-ring (bicyclic) bond motifs is 1. The van der Waals surface area contributed by atoms with Gasteiger partial charge in [-0.1, -0.05) is 17.7 Å². The normalized spacial score (nSPS) is 13.2. The smallest absolute Gasteiger partial charge is 0.341 e. The summed E-state index contributed by atoms with van der Waals surface area (Å²) in [5.41, 5.74) is -2.28. The lowest BCUT2D eigenvalue weighted by molar-refractivity contribution is 0.396. The Morgan fingerprint density at radius 3 is 2.16 bits per heavy atom. The fraction of sp³-hybridized carbons (Fsp3) is 0.286. The highest BCUT2D eigenvalue weighted by molar-refractivity contribution is 6.32. The van der Waals surface area contributed by atoms with Crippen molar-refractivity contribution in [3.63, 3.8) is 0 Å². The van der Waals surface area contributed by atoms with Crippen LogP contribution in [-0.2, 0) is 26.4 Å². The van der Waals surface area contributed by atoms with Gasteiger partial charge < -0.3 is 10.2 Å². The summed E-state index contributed by atoms with van der Waals surface area (Å²) in [6.45, 7) is 3.33. The fourth-order valence-corrected chi connectivity index (χ4v) is 4.29. The lowest BCUT2D eigenvalue weighted by Gasteiger charge is -2.15. The van der Waals surface area contributed by atoms with Gasteiger partial charge in [0, 0.05) is 18.2 Å². The second kappa shape index (κ2) is 7.86. The Kier molecular flexibility index (Phi) is 5.33. The molecule has 11 heteroatoms. The molecule has 0 unspecified atom stereocenters. The summed E-state index contributed by atoms with van der Waals surface area (Å²) >= 11 is 6.18. The highest BCUT2D eigenvalue weighted by Crippen LogP contribution is 2.42. The van der Waals surface area contributed by atoms with Crippen LogP contribution in [0.3, 0.4) is 0 Å². The quantitative estimate of drug-likeness (QED) is 0.574. The molecule has 0 radical (unpaired) electrons. The summed E-state index contributed by atoms with van der Waals surface area (Å²) in [5, 5.41) is 21.1. The Morgan fingerprint density at radius 1 is 1.00 bits per heavy atom. The lowest BCUT2D eigenvalue weighted by Crippen LogP contribution is -2.53. The average molecular weight is 463 g/mol. The highest BCUT2D eigenvalue weighted by Gasteiger charge is 2.28. The Balaban J connectivity index is 2.05. The number of nitrogens with zero attached hydrogens (tertiary/aromatic N) is 4. The van der Waals surface area contributed by atoms with E-state index in [1.165, 1.54) is 13.1 Å². The van der Waals surface area contributed by atoms with Crippen molar-refractivity contribution >= 4 is 11.6 Å². The maximum atomic E-state index is 14.9. The third kappa shape index (κ3) is 3.10. The van der Waals surface area contributed by atoms with Gasteiger partial charge in [0.25, 0.3) is 0 Å². The van der Waals surface area contributed by atoms with Crippen LogP contribution in [0.2, 0.25) is 5.02 Å². The minimum Gasteiger partial charge on any atom is -0.494 e. The molecule has 0 atom stereocenters.